The van der Waals surface area contributed by atoms with Crippen LogP contribution in [-0.4, -0.2) is 90.5 Å². The molecule has 5 rings (SSSR count). The van der Waals surface area contributed by atoms with Crippen molar-refractivity contribution in [3.05, 3.63) is 71.8 Å². The molecule has 0 unspecified atom stereocenters. The van der Waals surface area contributed by atoms with Gasteiger partial charge in [0, 0.05) is 58.4 Å². The summed E-state index contributed by atoms with van der Waals surface area (Å²) in [5.41, 5.74) is 2.68. The van der Waals surface area contributed by atoms with Crippen LogP contribution in [0.4, 0.5) is 0 Å². The highest BCUT2D eigenvalue weighted by molar-refractivity contribution is 5.78. The Labute approximate surface area is 199 Å². The van der Waals surface area contributed by atoms with E-state index in [-0.39, 0.29) is 6.04 Å². The van der Waals surface area contributed by atoms with E-state index < -0.39 is 0 Å². The van der Waals surface area contributed by atoms with Crippen molar-refractivity contribution in [3.63, 3.8) is 0 Å². The lowest BCUT2D eigenvalue weighted by molar-refractivity contribution is -0.135. The highest BCUT2D eigenvalue weighted by atomic mass is 16.2. The molecule has 33 heavy (non-hydrogen) atoms. The lowest BCUT2D eigenvalue weighted by Crippen LogP contribution is -2.55. The number of nitrogens with zero attached hydrogens (tertiary/aromatic N) is 4. The van der Waals surface area contributed by atoms with Crippen LogP contribution in [0.15, 0.2) is 60.7 Å². The summed E-state index contributed by atoms with van der Waals surface area (Å²) in [5.74, 6) is 0.317. The highest BCUT2D eigenvalue weighted by Gasteiger charge is 2.30. The quantitative estimate of drug-likeness (QED) is 0.680. The maximum atomic E-state index is 13.0. The number of carbonyl (C=O) groups is 1. The standard InChI is InChI=1S/C28H38N4O/c33-27(31-21-19-30(20-22-31)26-13-7-8-14-26)23-29-15-17-32(18-16-29)28(24-9-3-1-4-10-24)25-11-5-2-6-12-25/h1-6,9-12,26,28H,7-8,13-23H2. The summed E-state index contributed by atoms with van der Waals surface area (Å²) < 4.78 is 0. The van der Waals surface area contributed by atoms with Crippen molar-refractivity contribution in [2.75, 3.05) is 58.9 Å². The molecule has 1 amide bonds. The lowest BCUT2D eigenvalue weighted by Gasteiger charge is -2.41. The van der Waals surface area contributed by atoms with Crippen molar-refractivity contribution in [1.82, 2.24) is 19.6 Å². The molecule has 2 aromatic carbocycles. The van der Waals surface area contributed by atoms with Crippen LogP contribution in [0.25, 0.3) is 0 Å². The molecule has 0 radical (unpaired) electrons. The third-order valence-corrected chi connectivity index (χ3v) is 7.87. The Morgan fingerprint density at radius 2 is 1.27 bits per heavy atom. The van der Waals surface area contributed by atoms with Crippen LogP contribution in [0.3, 0.4) is 0 Å². The Kier molecular flexibility index (Phi) is 7.40. The summed E-state index contributed by atoms with van der Waals surface area (Å²) in [6, 6.07) is 22.7. The second kappa shape index (κ2) is 10.8. The molecule has 0 atom stereocenters. The van der Waals surface area contributed by atoms with Gasteiger partial charge in [-0.05, 0) is 24.0 Å². The zero-order valence-electron chi connectivity index (χ0n) is 19.8. The smallest absolute Gasteiger partial charge is 0.236 e. The molecule has 3 aliphatic rings. The van der Waals surface area contributed by atoms with Gasteiger partial charge in [-0.1, -0.05) is 73.5 Å². The second-order valence-electron chi connectivity index (χ2n) is 9.89. The van der Waals surface area contributed by atoms with Crippen molar-refractivity contribution in [1.29, 1.82) is 0 Å². The fourth-order valence-corrected chi connectivity index (χ4v) is 5.96. The first-order valence-corrected chi connectivity index (χ1v) is 12.9. The van der Waals surface area contributed by atoms with Crippen molar-refractivity contribution in [2.45, 2.75) is 37.8 Å². The molecule has 0 N–H and O–H groups in total. The molecule has 1 aliphatic carbocycles. The Bertz CT molecular complexity index is 828. The van der Waals surface area contributed by atoms with E-state index in [4.69, 9.17) is 0 Å². The van der Waals surface area contributed by atoms with Crippen LogP contribution in [0.2, 0.25) is 0 Å². The van der Waals surface area contributed by atoms with E-state index in [0.717, 1.165) is 58.4 Å². The van der Waals surface area contributed by atoms with Crippen molar-refractivity contribution < 1.29 is 4.79 Å². The first kappa shape index (κ1) is 22.6. The molecule has 0 aromatic heterocycles. The molecule has 2 heterocycles. The van der Waals surface area contributed by atoms with Crippen molar-refractivity contribution in [3.8, 4) is 0 Å². The molecular weight excluding hydrogens is 408 g/mol. The van der Waals surface area contributed by atoms with Gasteiger partial charge in [-0.2, -0.15) is 0 Å². The maximum absolute atomic E-state index is 13.0. The number of benzene rings is 2. The number of piperazine rings is 2. The van der Waals surface area contributed by atoms with E-state index in [1.807, 2.05) is 0 Å². The van der Waals surface area contributed by atoms with E-state index >= 15 is 0 Å². The molecule has 3 fully saturated rings. The van der Waals surface area contributed by atoms with E-state index in [2.05, 4.69) is 80.3 Å². The predicted molar refractivity (Wildman–Crippen MR) is 133 cm³/mol. The monoisotopic (exact) mass is 446 g/mol. The second-order valence-corrected chi connectivity index (χ2v) is 9.89. The van der Waals surface area contributed by atoms with Crippen LogP contribution in [-0.2, 0) is 4.79 Å². The van der Waals surface area contributed by atoms with Gasteiger partial charge in [0.25, 0.3) is 0 Å². The summed E-state index contributed by atoms with van der Waals surface area (Å²) in [4.78, 5) is 22.7. The Morgan fingerprint density at radius 3 is 1.82 bits per heavy atom. The zero-order valence-corrected chi connectivity index (χ0v) is 19.8. The lowest BCUT2D eigenvalue weighted by atomic mass is 9.96. The topological polar surface area (TPSA) is 30.0 Å². The summed E-state index contributed by atoms with van der Waals surface area (Å²) in [6.07, 6.45) is 5.47. The fraction of sp³-hybridized carbons (Fsp3) is 0.536. The van der Waals surface area contributed by atoms with Crippen molar-refractivity contribution in [2.24, 2.45) is 0 Å². The number of carbonyl (C=O) groups excluding carboxylic acids is 1. The Hall–Kier alpha value is -2.21. The summed E-state index contributed by atoms with van der Waals surface area (Å²) in [5, 5.41) is 0. The Balaban J connectivity index is 1.14. The van der Waals surface area contributed by atoms with Crippen LogP contribution in [0.1, 0.15) is 42.9 Å². The van der Waals surface area contributed by atoms with Gasteiger partial charge < -0.3 is 4.90 Å². The molecule has 2 saturated heterocycles. The normalized spacial score (nSPS) is 21.7. The minimum Gasteiger partial charge on any atom is -0.339 e. The number of amides is 1. The largest absolute Gasteiger partial charge is 0.339 e. The number of rotatable bonds is 6. The van der Waals surface area contributed by atoms with Crippen molar-refractivity contribution >= 4 is 5.91 Å². The molecule has 0 spiro atoms. The third kappa shape index (κ3) is 5.48. The van der Waals surface area contributed by atoms with E-state index in [1.165, 1.54) is 36.8 Å². The maximum Gasteiger partial charge on any atom is 0.236 e. The van der Waals surface area contributed by atoms with Crippen LogP contribution in [0, 0.1) is 0 Å². The number of hydrogen-bond donors (Lipinski definition) is 0. The SMILES string of the molecule is O=C(CN1CCN(C(c2ccccc2)c2ccccc2)CC1)N1CCN(C2CCCC2)CC1. The number of hydrogen-bond acceptors (Lipinski definition) is 4. The minimum atomic E-state index is 0.272. The molecular formula is C28H38N4O. The summed E-state index contributed by atoms with van der Waals surface area (Å²) >= 11 is 0. The average Bonchev–Trinajstić information content (AvgIpc) is 3.42. The van der Waals surface area contributed by atoms with E-state index in [9.17, 15) is 4.79 Å². The van der Waals surface area contributed by atoms with Crippen LogP contribution in [0.5, 0.6) is 0 Å². The van der Waals surface area contributed by atoms with Crippen LogP contribution >= 0.6 is 0 Å². The van der Waals surface area contributed by atoms with Gasteiger partial charge >= 0.3 is 0 Å². The highest BCUT2D eigenvalue weighted by Crippen LogP contribution is 2.29. The molecule has 0 bridgehead atoms. The van der Waals surface area contributed by atoms with Gasteiger partial charge in [-0.15, -0.1) is 0 Å². The minimum absolute atomic E-state index is 0.272. The Morgan fingerprint density at radius 1 is 0.727 bits per heavy atom. The van der Waals surface area contributed by atoms with Crippen LogP contribution < -0.4 is 0 Å². The molecule has 2 aliphatic heterocycles. The van der Waals surface area contributed by atoms with Gasteiger partial charge in [-0.3, -0.25) is 19.5 Å². The zero-order chi connectivity index (χ0) is 22.5. The third-order valence-electron chi connectivity index (χ3n) is 7.87. The van der Waals surface area contributed by atoms with Gasteiger partial charge in [0.15, 0.2) is 0 Å². The van der Waals surface area contributed by atoms with E-state index in [1.54, 1.807) is 0 Å². The van der Waals surface area contributed by atoms with Gasteiger partial charge in [0.05, 0.1) is 12.6 Å². The molecule has 176 valence electrons. The first-order chi connectivity index (χ1) is 16.3. The summed E-state index contributed by atoms with van der Waals surface area (Å²) in [7, 11) is 0. The molecule has 5 heteroatoms. The first-order valence-electron chi connectivity index (χ1n) is 12.9. The van der Waals surface area contributed by atoms with E-state index in [0.29, 0.717) is 12.5 Å². The summed E-state index contributed by atoms with van der Waals surface area (Å²) in [6.45, 7) is 8.35. The van der Waals surface area contributed by atoms with Gasteiger partial charge in [-0.25, -0.2) is 0 Å². The van der Waals surface area contributed by atoms with Gasteiger partial charge in [0.1, 0.15) is 0 Å². The molecule has 1 saturated carbocycles. The average molecular weight is 447 g/mol. The van der Waals surface area contributed by atoms with Gasteiger partial charge in [0.2, 0.25) is 5.91 Å². The molecule has 5 nitrogen and oxygen atoms in total. The predicted octanol–water partition coefficient (Wildman–Crippen LogP) is 3.48. The molecule has 2 aromatic rings. The fourth-order valence-electron chi connectivity index (χ4n) is 5.96.